The van der Waals surface area contributed by atoms with Crippen LogP contribution >= 0.6 is 11.8 Å². The minimum Gasteiger partial charge on any atom is -0.292 e. The number of thioether (sulfide) groups is 1. The van der Waals surface area contributed by atoms with Crippen LogP contribution in [0.1, 0.15) is 26.7 Å². The van der Waals surface area contributed by atoms with Crippen molar-refractivity contribution in [3.63, 3.8) is 0 Å². The molecule has 1 unspecified atom stereocenters. The highest BCUT2D eigenvalue weighted by atomic mass is 32.2. The molecule has 0 aromatic heterocycles. The third kappa shape index (κ3) is 2.11. The van der Waals surface area contributed by atoms with Crippen molar-refractivity contribution in [2.75, 3.05) is 11.5 Å². The standard InChI is InChI=1S/C10H16O2S2/c1-3-6-9(11)10(4-2)13-7-5-8-14(10)12/h3,6H,4-5,7-8H2,1-2H3/b6-3+/t10-,14?/m1/s1. The molecule has 4 heteroatoms. The Morgan fingerprint density at radius 2 is 2.36 bits per heavy atom. The molecule has 1 aliphatic heterocycles. The molecule has 0 spiro atoms. The largest absolute Gasteiger partial charge is 0.292 e. The van der Waals surface area contributed by atoms with Crippen LogP contribution in [0.15, 0.2) is 12.2 Å². The minimum atomic E-state index is -1.01. The fourth-order valence-electron chi connectivity index (χ4n) is 1.56. The van der Waals surface area contributed by atoms with Gasteiger partial charge in [-0.3, -0.25) is 9.00 Å². The Morgan fingerprint density at radius 1 is 1.64 bits per heavy atom. The van der Waals surface area contributed by atoms with Crippen molar-refractivity contribution in [2.45, 2.75) is 30.8 Å². The van der Waals surface area contributed by atoms with Gasteiger partial charge < -0.3 is 0 Å². The first-order chi connectivity index (χ1) is 6.67. The molecule has 1 aliphatic rings. The Balaban J connectivity index is 2.93. The van der Waals surface area contributed by atoms with Gasteiger partial charge in [-0.05, 0) is 31.6 Å². The molecular weight excluding hydrogens is 216 g/mol. The van der Waals surface area contributed by atoms with E-state index in [1.807, 2.05) is 13.8 Å². The second kappa shape index (κ2) is 5.12. The van der Waals surface area contributed by atoms with E-state index in [0.717, 1.165) is 12.2 Å². The van der Waals surface area contributed by atoms with Crippen molar-refractivity contribution in [1.82, 2.24) is 0 Å². The molecule has 0 amide bonds. The summed E-state index contributed by atoms with van der Waals surface area (Å²) >= 11 is 1.57. The van der Waals surface area contributed by atoms with E-state index in [-0.39, 0.29) is 5.78 Å². The minimum absolute atomic E-state index is 0.0190. The zero-order valence-electron chi connectivity index (χ0n) is 8.62. The van der Waals surface area contributed by atoms with Crippen LogP contribution in [0, 0.1) is 0 Å². The monoisotopic (exact) mass is 232 g/mol. The summed E-state index contributed by atoms with van der Waals surface area (Å²) in [6.07, 6.45) is 4.90. The lowest BCUT2D eigenvalue weighted by Crippen LogP contribution is -2.42. The fourth-order valence-corrected chi connectivity index (χ4v) is 5.15. The van der Waals surface area contributed by atoms with Gasteiger partial charge in [-0.15, -0.1) is 11.8 Å². The molecule has 0 N–H and O–H groups in total. The summed E-state index contributed by atoms with van der Waals surface area (Å²) in [7, 11) is -1.01. The lowest BCUT2D eigenvalue weighted by molar-refractivity contribution is -0.115. The maximum Gasteiger partial charge on any atom is 0.184 e. The second-order valence-corrected chi connectivity index (χ2v) is 6.67. The number of hydrogen-bond acceptors (Lipinski definition) is 3. The molecule has 0 radical (unpaired) electrons. The summed E-state index contributed by atoms with van der Waals surface area (Å²) in [4.78, 5) is 11.9. The van der Waals surface area contributed by atoms with Crippen molar-refractivity contribution in [2.24, 2.45) is 0 Å². The molecule has 0 aromatic carbocycles. The molecule has 1 fully saturated rings. The van der Waals surface area contributed by atoms with E-state index in [0.29, 0.717) is 12.2 Å². The number of carbonyl (C=O) groups is 1. The summed E-state index contributed by atoms with van der Waals surface area (Å²) in [5.41, 5.74) is 0. The zero-order valence-corrected chi connectivity index (χ0v) is 10.2. The molecule has 2 nitrogen and oxygen atoms in total. The number of rotatable bonds is 3. The molecule has 2 atom stereocenters. The van der Waals surface area contributed by atoms with Crippen molar-refractivity contribution < 1.29 is 9.00 Å². The maximum atomic E-state index is 11.9. The molecule has 0 bridgehead atoms. The van der Waals surface area contributed by atoms with E-state index in [4.69, 9.17) is 0 Å². The van der Waals surface area contributed by atoms with Crippen LogP contribution in [0.4, 0.5) is 0 Å². The predicted molar refractivity (Wildman–Crippen MR) is 62.9 cm³/mol. The van der Waals surface area contributed by atoms with Gasteiger partial charge in [-0.1, -0.05) is 13.0 Å². The quantitative estimate of drug-likeness (QED) is 0.699. The summed E-state index contributed by atoms with van der Waals surface area (Å²) < 4.78 is 11.3. The number of hydrogen-bond donors (Lipinski definition) is 0. The van der Waals surface area contributed by atoms with Gasteiger partial charge in [0.15, 0.2) is 9.86 Å². The van der Waals surface area contributed by atoms with Gasteiger partial charge >= 0.3 is 0 Å². The molecule has 1 heterocycles. The van der Waals surface area contributed by atoms with Gasteiger partial charge in [0.2, 0.25) is 0 Å². The SMILES string of the molecule is C/C=C/C(=O)[C@]1(CC)SCCCS1=O. The highest BCUT2D eigenvalue weighted by molar-refractivity contribution is 8.14. The lowest BCUT2D eigenvalue weighted by Gasteiger charge is -2.32. The van der Waals surface area contributed by atoms with E-state index in [1.165, 1.54) is 0 Å². The van der Waals surface area contributed by atoms with Crippen LogP contribution in [0.2, 0.25) is 0 Å². The Morgan fingerprint density at radius 3 is 2.86 bits per heavy atom. The van der Waals surface area contributed by atoms with Gasteiger partial charge in [-0.25, -0.2) is 0 Å². The first-order valence-corrected chi connectivity index (χ1v) is 7.17. The van der Waals surface area contributed by atoms with E-state index in [2.05, 4.69) is 0 Å². The highest BCUT2D eigenvalue weighted by Crippen LogP contribution is 2.38. The average molecular weight is 232 g/mol. The summed E-state index contributed by atoms with van der Waals surface area (Å²) in [6, 6.07) is 0. The number of ketones is 1. The Labute approximate surface area is 92.0 Å². The number of allylic oxidation sites excluding steroid dienone is 2. The van der Waals surface area contributed by atoms with Crippen molar-refractivity contribution in [3.05, 3.63) is 12.2 Å². The molecule has 14 heavy (non-hydrogen) atoms. The highest BCUT2D eigenvalue weighted by Gasteiger charge is 2.43. The molecule has 0 aromatic rings. The summed E-state index contributed by atoms with van der Waals surface area (Å²) in [5.74, 6) is 1.64. The first-order valence-electron chi connectivity index (χ1n) is 4.87. The normalized spacial score (nSPS) is 33.4. The van der Waals surface area contributed by atoms with E-state index in [9.17, 15) is 9.00 Å². The molecule has 1 rings (SSSR count). The lowest BCUT2D eigenvalue weighted by atomic mass is 10.2. The molecule has 0 aliphatic carbocycles. The van der Waals surface area contributed by atoms with Crippen LogP contribution in [0.25, 0.3) is 0 Å². The van der Waals surface area contributed by atoms with Gasteiger partial charge in [0.25, 0.3) is 0 Å². The van der Waals surface area contributed by atoms with Crippen molar-refractivity contribution in [1.29, 1.82) is 0 Å². The fraction of sp³-hybridized carbons (Fsp3) is 0.700. The van der Waals surface area contributed by atoms with Crippen LogP contribution in [-0.4, -0.2) is 25.6 Å². The van der Waals surface area contributed by atoms with Gasteiger partial charge in [0.05, 0.1) is 0 Å². The Bertz CT molecular complexity index is 273. The predicted octanol–water partition coefficient (Wildman–Crippen LogP) is 2.12. The van der Waals surface area contributed by atoms with E-state index in [1.54, 1.807) is 23.9 Å². The van der Waals surface area contributed by atoms with Crippen molar-refractivity contribution >= 4 is 28.3 Å². The molecular formula is C10H16O2S2. The van der Waals surface area contributed by atoms with Gasteiger partial charge in [0.1, 0.15) is 0 Å². The van der Waals surface area contributed by atoms with Crippen molar-refractivity contribution in [3.8, 4) is 0 Å². The Kier molecular flexibility index (Phi) is 4.38. The number of carbonyl (C=O) groups excluding carboxylic acids is 1. The third-order valence-electron chi connectivity index (χ3n) is 2.34. The smallest absolute Gasteiger partial charge is 0.184 e. The van der Waals surface area contributed by atoms with Crippen LogP contribution in [0.5, 0.6) is 0 Å². The van der Waals surface area contributed by atoms with Gasteiger partial charge in [0, 0.05) is 16.6 Å². The molecule has 1 saturated heterocycles. The van der Waals surface area contributed by atoms with Gasteiger partial charge in [-0.2, -0.15) is 0 Å². The molecule has 0 saturated carbocycles. The Hall–Kier alpha value is -0.0900. The van der Waals surface area contributed by atoms with Crippen LogP contribution in [0.3, 0.4) is 0 Å². The maximum absolute atomic E-state index is 11.9. The summed E-state index contributed by atoms with van der Waals surface area (Å²) in [5, 5.41) is 0. The van der Waals surface area contributed by atoms with E-state index >= 15 is 0 Å². The van der Waals surface area contributed by atoms with Crippen LogP contribution < -0.4 is 0 Å². The van der Waals surface area contributed by atoms with Crippen LogP contribution in [-0.2, 0) is 15.6 Å². The third-order valence-corrected chi connectivity index (χ3v) is 6.58. The first kappa shape index (κ1) is 12.0. The average Bonchev–Trinajstić information content (AvgIpc) is 2.19. The zero-order chi connectivity index (χ0) is 10.6. The topological polar surface area (TPSA) is 34.1 Å². The summed E-state index contributed by atoms with van der Waals surface area (Å²) in [6.45, 7) is 3.76. The molecule has 80 valence electrons. The van der Waals surface area contributed by atoms with E-state index < -0.39 is 14.9 Å². The second-order valence-electron chi connectivity index (χ2n) is 3.22.